The van der Waals surface area contributed by atoms with Gasteiger partial charge in [-0.05, 0) is 79.5 Å². The first-order valence-corrected chi connectivity index (χ1v) is 17.5. The molecule has 1 nitrogen and oxygen atoms in total. The van der Waals surface area contributed by atoms with Crippen LogP contribution in [0.15, 0.2) is 212 Å². The molecule has 0 atom stereocenters. The Kier molecular flexibility index (Phi) is 7.92. The minimum absolute atomic E-state index is 1.11. The molecule has 0 heterocycles. The van der Waals surface area contributed by atoms with Crippen molar-refractivity contribution in [1.82, 2.24) is 0 Å². The highest BCUT2D eigenvalue weighted by Crippen LogP contribution is 2.44. The summed E-state index contributed by atoms with van der Waals surface area (Å²) < 4.78 is 0. The zero-order valence-corrected chi connectivity index (χ0v) is 28.2. The van der Waals surface area contributed by atoms with E-state index in [1.807, 2.05) is 0 Å². The van der Waals surface area contributed by atoms with Crippen LogP contribution < -0.4 is 4.90 Å². The van der Waals surface area contributed by atoms with Crippen molar-refractivity contribution in [3.8, 4) is 44.5 Å². The molecule has 0 aromatic heterocycles. The predicted octanol–water partition coefficient (Wildman–Crippen LogP) is 14.1. The number of nitrogens with zero attached hydrogens (tertiary/aromatic N) is 1. The molecule has 0 amide bonds. The molecule has 0 aliphatic heterocycles. The number of hydrogen-bond acceptors (Lipinski definition) is 1. The van der Waals surface area contributed by atoms with Gasteiger partial charge in [-0.1, -0.05) is 188 Å². The molecule has 0 unspecified atom stereocenters. The van der Waals surface area contributed by atoms with Crippen molar-refractivity contribution < 1.29 is 0 Å². The number of benzene rings is 9. The molecule has 9 aromatic carbocycles. The number of hydrogen-bond donors (Lipinski definition) is 0. The first-order valence-electron chi connectivity index (χ1n) is 17.5. The van der Waals surface area contributed by atoms with Gasteiger partial charge >= 0.3 is 0 Å². The van der Waals surface area contributed by atoms with Crippen LogP contribution in [0.25, 0.3) is 66.1 Å². The Morgan fingerprint density at radius 1 is 0.235 bits per heavy atom. The summed E-state index contributed by atoms with van der Waals surface area (Å²) in [5, 5.41) is 4.88. The van der Waals surface area contributed by atoms with Crippen LogP contribution in [0.5, 0.6) is 0 Å². The fourth-order valence-electron chi connectivity index (χ4n) is 7.51. The summed E-state index contributed by atoms with van der Waals surface area (Å²) in [7, 11) is 0. The predicted molar refractivity (Wildman–Crippen MR) is 218 cm³/mol. The van der Waals surface area contributed by atoms with Crippen LogP contribution in [0.1, 0.15) is 0 Å². The van der Waals surface area contributed by atoms with E-state index < -0.39 is 0 Å². The maximum atomic E-state index is 2.41. The van der Waals surface area contributed by atoms with Gasteiger partial charge in [0.1, 0.15) is 0 Å². The molecular weight excluding hydrogens is 615 g/mol. The fraction of sp³-hybridized carbons (Fsp3) is 0. The smallest absolute Gasteiger partial charge is 0.0540 e. The summed E-state index contributed by atoms with van der Waals surface area (Å²) in [6.45, 7) is 0. The largest absolute Gasteiger partial charge is 0.309 e. The quantitative estimate of drug-likeness (QED) is 0.166. The van der Waals surface area contributed by atoms with Gasteiger partial charge < -0.3 is 4.90 Å². The van der Waals surface area contributed by atoms with Crippen LogP contribution in [0.2, 0.25) is 0 Å². The Hall–Kier alpha value is -6.70. The number of anilines is 3. The highest BCUT2D eigenvalue weighted by atomic mass is 15.1. The van der Waals surface area contributed by atoms with Crippen molar-refractivity contribution in [1.29, 1.82) is 0 Å². The molecule has 0 spiro atoms. The second-order valence-electron chi connectivity index (χ2n) is 12.9. The van der Waals surface area contributed by atoms with Gasteiger partial charge in [0.15, 0.2) is 0 Å². The highest BCUT2D eigenvalue weighted by molar-refractivity contribution is 6.05. The Morgan fingerprint density at radius 3 is 1.08 bits per heavy atom. The third kappa shape index (κ3) is 5.65. The molecule has 240 valence electrons. The van der Waals surface area contributed by atoms with E-state index in [-0.39, 0.29) is 0 Å². The Balaban J connectivity index is 1.18. The van der Waals surface area contributed by atoms with Crippen LogP contribution in [-0.4, -0.2) is 0 Å². The van der Waals surface area contributed by atoms with Gasteiger partial charge in [0.25, 0.3) is 0 Å². The maximum absolute atomic E-state index is 2.41. The SMILES string of the molecule is c1ccc(-c2ccccc2-c2ccccc2-c2ccccc2-c2ccc(N(c3cccc4ccccc34)c3cccc4ccccc34)cc2)cc1. The second-order valence-corrected chi connectivity index (χ2v) is 12.9. The molecule has 0 saturated heterocycles. The average Bonchev–Trinajstić information content (AvgIpc) is 3.22. The van der Waals surface area contributed by atoms with Gasteiger partial charge in [-0.3, -0.25) is 0 Å². The third-order valence-electron chi connectivity index (χ3n) is 9.90. The summed E-state index contributed by atoms with van der Waals surface area (Å²) in [5.41, 5.74) is 13.1. The van der Waals surface area contributed by atoms with Gasteiger partial charge in [-0.15, -0.1) is 0 Å². The van der Waals surface area contributed by atoms with Gasteiger partial charge in [0, 0.05) is 16.5 Å². The van der Waals surface area contributed by atoms with Crippen LogP contribution in [0, 0.1) is 0 Å². The minimum atomic E-state index is 1.11. The molecule has 0 bridgehead atoms. The fourth-order valence-corrected chi connectivity index (χ4v) is 7.51. The first kappa shape index (κ1) is 30.4. The van der Waals surface area contributed by atoms with E-state index in [0.717, 1.165) is 17.1 Å². The van der Waals surface area contributed by atoms with Gasteiger partial charge in [-0.2, -0.15) is 0 Å². The van der Waals surface area contributed by atoms with Gasteiger partial charge in [-0.25, -0.2) is 0 Å². The third-order valence-corrected chi connectivity index (χ3v) is 9.90. The van der Waals surface area contributed by atoms with E-state index >= 15 is 0 Å². The molecule has 51 heavy (non-hydrogen) atoms. The lowest BCUT2D eigenvalue weighted by Gasteiger charge is -2.28. The molecule has 9 rings (SSSR count). The summed E-state index contributed by atoms with van der Waals surface area (Å²) in [5.74, 6) is 0. The van der Waals surface area contributed by atoms with Crippen LogP contribution in [0.3, 0.4) is 0 Å². The summed E-state index contributed by atoms with van der Waals surface area (Å²) >= 11 is 0. The summed E-state index contributed by atoms with van der Waals surface area (Å²) in [6, 6.07) is 76.6. The van der Waals surface area contributed by atoms with Crippen molar-refractivity contribution in [3.05, 3.63) is 212 Å². The van der Waals surface area contributed by atoms with Crippen molar-refractivity contribution in [2.45, 2.75) is 0 Å². The van der Waals surface area contributed by atoms with Gasteiger partial charge in [0.2, 0.25) is 0 Å². The monoisotopic (exact) mass is 649 g/mol. The normalized spacial score (nSPS) is 11.1. The minimum Gasteiger partial charge on any atom is -0.309 e. The molecule has 0 saturated carbocycles. The molecule has 1 heteroatoms. The molecule has 0 N–H and O–H groups in total. The van der Waals surface area contributed by atoms with E-state index in [4.69, 9.17) is 0 Å². The molecule has 0 radical (unpaired) electrons. The van der Waals surface area contributed by atoms with E-state index in [0.29, 0.717) is 0 Å². The Morgan fingerprint density at radius 2 is 0.588 bits per heavy atom. The van der Waals surface area contributed by atoms with Crippen LogP contribution >= 0.6 is 0 Å². The lowest BCUT2D eigenvalue weighted by atomic mass is 9.87. The van der Waals surface area contributed by atoms with Crippen LogP contribution in [0.4, 0.5) is 17.1 Å². The van der Waals surface area contributed by atoms with E-state index in [1.165, 1.54) is 66.1 Å². The van der Waals surface area contributed by atoms with Crippen LogP contribution in [-0.2, 0) is 0 Å². The van der Waals surface area contributed by atoms with E-state index in [9.17, 15) is 0 Å². The van der Waals surface area contributed by atoms with Crippen molar-refractivity contribution in [2.24, 2.45) is 0 Å². The van der Waals surface area contributed by atoms with Crippen molar-refractivity contribution in [3.63, 3.8) is 0 Å². The summed E-state index contributed by atoms with van der Waals surface area (Å²) in [6.07, 6.45) is 0. The highest BCUT2D eigenvalue weighted by Gasteiger charge is 2.19. The first-order chi connectivity index (χ1) is 25.3. The second kappa shape index (κ2) is 13.3. The number of rotatable bonds is 7. The standard InChI is InChI=1S/C50H35N/c1-2-16-36(17-3-1)41-22-8-10-26-45(41)47-28-12-13-29-48(47)46-27-11-9-23-42(46)39-32-34-40(35-33-39)51(49-30-14-20-37-18-4-6-24-43(37)49)50-31-15-21-38-19-5-7-25-44(38)50/h1-35H. The van der Waals surface area contributed by atoms with Crippen molar-refractivity contribution >= 4 is 38.6 Å². The van der Waals surface area contributed by atoms with E-state index in [2.05, 4.69) is 217 Å². The lowest BCUT2D eigenvalue weighted by Crippen LogP contribution is -2.11. The van der Waals surface area contributed by atoms with E-state index in [1.54, 1.807) is 0 Å². The summed E-state index contributed by atoms with van der Waals surface area (Å²) in [4.78, 5) is 2.41. The van der Waals surface area contributed by atoms with Crippen molar-refractivity contribution in [2.75, 3.05) is 4.90 Å². The maximum Gasteiger partial charge on any atom is 0.0540 e. The molecule has 9 aromatic rings. The molecule has 0 fully saturated rings. The molecular formula is C50H35N. The zero-order valence-electron chi connectivity index (χ0n) is 28.2. The molecule has 0 aliphatic carbocycles. The Bertz CT molecular complexity index is 2550. The topological polar surface area (TPSA) is 3.24 Å². The lowest BCUT2D eigenvalue weighted by molar-refractivity contribution is 1.31. The number of fused-ring (bicyclic) bond motifs is 2. The van der Waals surface area contributed by atoms with Gasteiger partial charge in [0.05, 0.1) is 11.4 Å². The average molecular weight is 650 g/mol. The molecule has 0 aliphatic rings. The zero-order chi connectivity index (χ0) is 34.0. The Labute approximate surface area is 299 Å².